The number of alkyl halides is 1. The van der Waals surface area contributed by atoms with Crippen molar-refractivity contribution in [2.75, 3.05) is 11.9 Å². The van der Waals surface area contributed by atoms with Crippen LogP contribution in [0.5, 0.6) is 5.75 Å². The Balaban J connectivity index is 1.79. The quantitative estimate of drug-likeness (QED) is 0.565. The molecule has 0 aliphatic rings. The molecule has 1 nitrogen and oxygen atoms in total. The number of hydrogen-bond acceptors (Lipinski definition) is 1. The average molecular weight is 341 g/mol. The summed E-state index contributed by atoms with van der Waals surface area (Å²) in [6.45, 7) is 0.670. The van der Waals surface area contributed by atoms with Gasteiger partial charge in [0.2, 0.25) is 0 Å². The summed E-state index contributed by atoms with van der Waals surface area (Å²) in [6, 6.07) is 25.0. The van der Waals surface area contributed by atoms with Gasteiger partial charge in [0.05, 0.1) is 6.61 Å². The van der Waals surface area contributed by atoms with Crippen molar-refractivity contribution in [3.05, 3.63) is 78.4 Å². The molecule has 1 unspecified atom stereocenters. The largest absolute Gasteiger partial charge is 0.492 e. The van der Waals surface area contributed by atoms with Gasteiger partial charge in [-0.15, -0.1) is 0 Å². The summed E-state index contributed by atoms with van der Waals surface area (Å²) >= 11 is 3.60. The third-order valence-corrected chi connectivity index (χ3v) is 4.43. The van der Waals surface area contributed by atoms with E-state index < -0.39 is 0 Å². The third-order valence-electron chi connectivity index (χ3n) is 3.65. The van der Waals surface area contributed by atoms with E-state index in [4.69, 9.17) is 4.74 Å². The molecule has 0 saturated heterocycles. The molecule has 106 valence electrons. The SMILES string of the molecule is BrCC(COc1cccc2ccccc12)c1ccccc1. The van der Waals surface area contributed by atoms with Crippen molar-refractivity contribution < 1.29 is 4.74 Å². The Hall–Kier alpha value is -1.80. The first-order valence-corrected chi connectivity index (χ1v) is 8.22. The summed E-state index contributed by atoms with van der Waals surface area (Å²) in [4.78, 5) is 0. The molecule has 3 rings (SSSR count). The molecule has 0 saturated carbocycles. The van der Waals surface area contributed by atoms with Crippen LogP contribution in [0.3, 0.4) is 0 Å². The first-order valence-electron chi connectivity index (χ1n) is 7.10. The maximum absolute atomic E-state index is 6.10. The summed E-state index contributed by atoms with van der Waals surface area (Å²) in [7, 11) is 0. The molecule has 3 aromatic carbocycles. The van der Waals surface area contributed by atoms with Gasteiger partial charge in [-0.25, -0.2) is 0 Å². The Morgan fingerprint density at radius 3 is 2.33 bits per heavy atom. The highest BCUT2D eigenvalue weighted by Crippen LogP contribution is 2.27. The number of benzene rings is 3. The molecule has 0 spiro atoms. The number of halogens is 1. The van der Waals surface area contributed by atoms with Crippen LogP contribution in [0.25, 0.3) is 10.8 Å². The van der Waals surface area contributed by atoms with E-state index in [2.05, 4.69) is 64.5 Å². The van der Waals surface area contributed by atoms with Gasteiger partial charge in [0.15, 0.2) is 0 Å². The zero-order chi connectivity index (χ0) is 14.5. The van der Waals surface area contributed by atoms with Crippen molar-refractivity contribution >= 4 is 26.7 Å². The molecular formula is C19H17BrO. The minimum atomic E-state index is 0.352. The minimum absolute atomic E-state index is 0.352. The fourth-order valence-corrected chi connectivity index (χ4v) is 3.03. The fraction of sp³-hybridized carbons (Fsp3) is 0.158. The molecule has 0 aliphatic heterocycles. The van der Waals surface area contributed by atoms with E-state index in [1.807, 2.05) is 24.3 Å². The highest BCUT2D eigenvalue weighted by molar-refractivity contribution is 9.09. The lowest BCUT2D eigenvalue weighted by Gasteiger charge is -2.16. The zero-order valence-corrected chi connectivity index (χ0v) is 13.3. The van der Waals surface area contributed by atoms with E-state index in [1.54, 1.807) is 0 Å². The maximum Gasteiger partial charge on any atom is 0.127 e. The highest BCUT2D eigenvalue weighted by Gasteiger charge is 2.11. The van der Waals surface area contributed by atoms with Crippen molar-refractivity contribution in [2.24, 2.45) is 0 Å². The zero-order valence-electron chi connectivity index (χ0n) is 11.7. The van der Waals surface area contributed by atoms with Gasteiger partial charge in [-0.2, -0.15) is 0 Å². The van der Waals surface area contributed by atoms with Crippen molar-refractivity contribution in [3.63, 3.8) is 0 Å². The lowest BCUT2D eigenvalue weighted by atomic mass is 10.0. The van der Waals surface area contributed by atoms with Crippen LogP contribution in [0.15, 0.2) is 72.8 Å². The normalized spacial score (nSPS) is 12.2. The van der Waals surface area contributed by atoms with E-state index in [9.17, 15) is 0 Å². The second kappa shape index (κ2) is 6.77. The predicted molar refractivity (Wildman–Crippen MR) is 92.4 cm³/mol. The first kappa shape index (κ1) is 14.2. The van der Waals surface area contributed by atoms with Gasteiger partial charge in [0, 0.05) is 16.6 Å². The highest BCUT2D eigenvalue weighted by atomic mass is 79.9. The molecule has 2 heteroatoms. The van der Waals surface area contributed by atoms with Gasteiger partial charge in [0.25, 0.3) is 0 Å². The van der Waals surface area contributed by atoms with Crippen LogP contribution in [0.2, 0.25) is 0 Å². The van der Waals surface area contributed by atoms with E-state index in [-0.39, 0.29) is 0 Å². The second-order valence-electron chi connectivity index (χ2n) is 5.05. The van der Waals surface area contributed by atoms with Crippen LogP contribution in [0, 0.1) is 0 Å². The number of hydrogen-bond donors (Lipinski definition) is 0. The van der Waals surface area contributed by atoms with Crippen molar-refractivity contribution in [3.8, 4) is 5.75 Å². The van der Waals surface area contributed by atoms with Crippen LogP contribution >= 0.6 is 15.9 Å². The van der Waals surface area contributed by atoms with Crippen LogP contribution in [-0.2, 0) is 0 Å². The standard InChI is InChI=1S/C19H17BrO/c20-13-17(15-7-2-1-3-8-15)14-21-19-12-6-10-16-9-4-5-11-18(16)19/h1-12,17H,13-14H2. The molecular weight excluding hydrogens is 324 g/mol. The summed E-state index contributed by atoms with van der Waals surface area (Å²) in [6.07, 6.45) is 0. The molecule has 1 atom stereocenters. The number of fused-ring (bicyclic) bond motifs is 1. The van der Waals surface area contributed by atoms with Crippen molar-refractivity contribution in [1.29, 1.82) is 0 Å². The minimum Gasteiger partial charge on any atom is -0.492 e. The van der Waals surface area contributed by atoms with E-state index in [0.717, 1.165) is 11.1 Å². The Morgan fingerprint density at radius 1 is 0.810 bits per heavy atom. The molecule has 0 amide bonds. The van der Waals surface area contributed by atoms with Crippen molar-refractivity contribution in [1.82, 2.24) is 0 Å². The predicted octanol–water partition coefficient (Wildman–Crippen LogP) is 5.40. The van der Waals surface area contributed by atoms with Crippen LogP contribution in [0.1, 0.15) is 11.5 Å². The molecule has 0 radical (unpaired) electrons. The van der Waals surface area contributed by atoms with Crippen LogP contribution in [0.4, 0.5) is 0 Å². The lowest BCUT2D eigenvalue weighted by molar-refractivity contribution is 0.301. The molecule has 0 N–H and O–H groups in total. The van der Waals surface area contributed by atoms with Gasteiger partial charge in [-0.3, -0.25) is 0 Å². The molecule has 21 heavy (non-hydrogen) atoms. The van der Waals surface area contributed by atoms with E-state index >= 15 is 0 Å². The lowest BCUT2D eigenvalue weighted by Crippen LogP contribution is -2.11. The van der Waals surface area contributed by atoms with Gasteiger partial charge < -0.3 is 4.74 Å². The third kappa shape index (κ3) is 3.27. The topological polar surface area (TPSA) is 9.23 Å². The molecule has 0 fully saturated rings. The Labute approximate surface area is 133 Å². The maximum atomic E-state index is 6.10. The number of rotatable bonds is 5. The van der Waals surface area contributed by atoms with E-state index in [0.29, 0.717) is 12.5 Å². The fourth-order valence-electron chi connectivity index (χ4n) is 2.47. The Morgan fingerprint density at radius 2 is 1.52 bits per heavy atom. The van der Waals surface area contributed by atoms with E-state index in [1.165, 1.54) is 16.3 Å². The van der Waals surface area contributed by atoms with Gasteiger partial charge in [-0.1, -0.05) is 82.7 Å². The van der Waals surface area contributed by atoms with Crippen LogP contribution < -0.4 is 4.74 Å². The molecule has 0 aliphatic carbocycles. The smallest absolute Gasteiger partial charge is 0.127 e. The average Bonchev–Trinajstić information content (AvgIpc) is 2.56. The summed E-state index contributed by atoms with van der Waals surface area (Å²) in [5.74, 6) is 1.31. The molecule has 0 heterocycles. The van der Waals surface area contributed by atoms with Gasteiger partial charge >= 0.3 is 0 Å². The monoisotopic (exact) mass is 340 g/mol. The number of ether oxygens (including phenoxy) is 1. The summed E-state index contributed by atoms with van der Waals surface area (Å²) in [5, 5.41) is 3.27. The summed E-state index contributed by atoms with van der Waals surface area (Å²) < 4.78 is 6.10. The Kier molecular flexibility index (Phi) is 4.56. The first-order chi connectivity index (χ1) is 10.4. The molecule has 3 aromatic rings. The molecule has 0 aromatic heterocycles. The summed E-state index contributed by atoms with van der Waals surface area (Å²) in [5.41, 5.74) is 1.30. The van der Waals surface area contributed by atoms with Gasteiger partial charge in [-0.05, 0) is 17.0 Å². The van der Waals surface area contributed by atoms with Crippen LogP contribution in [-0.4, -0.2) is 11.9 Å². The van der Waals surface area contributed by atoms with Gasteiger partial charge in [0.1, 0.15) is 5.75 Å². The van der Waals surface area contributed by atoms with Crippen molar-refractivity contribution in [2.45, 2.75) is 5.92 Å². The molecule has 0 bridgehead atoms. The second-order valence-corrected chi connectivity index (χ2v) is 5.70. The Bertz CT molecular complexity index is 704.